The van der Waals surface area contributed by atoms with Crippen LogP contribution in [0.1, 0.15) is 89.4 Å². The molecule has 25 nitrogen and oxygen atoms in total. The first-order chi connectivity index (χ1) is 39.1. The van der Waals surface area contributed by atoms with Crippen molar-refractivity contribution in [1.29, 1.82) is 0 Å². The van der Waals surface area contributed by atoms with Crippen LogP contribution in [0.25, 0.3) is 0 Å². The highest BCUT2D eigenvalue weighted by Gasteiger charge is 2.70. The van der Waals surface area contributed by atoms with E-state index in [0.29, 0.717) is 30.8 Å². The molecule has 0 unspecified atom stereocenters. The monoisotopic (exact) mass is 1170 g/mol. The number of hydrogen-bond donors (Lipinski definition) is 13. The molecule has 33 atom stereocenters. The van der Waals surface area contributed by atoms with E-state index in [2.05, 4.69) is 27.7 Å². The van der Waals surface area contributed by atoms with E-state index in [1.807, 2.05) is 0 Å². The first-order valence-corrected chi connectivity index (χ1v) is 29.5. The van der Waals surface area contributed by atoms with Gasteiger partial charge in [-0.2, -0.15) is 0 Å². The molecule has 0 aromatic heterocycles. The van der Waals surface area contributed by atoms with Crippen molar-refractivity contribution in [2.45, 2.75) is 226 Å². The summed E-state index contributed by atoms with van der Waals surface area (Å²) in [6.07, 6.45) is -32.0. The van der Waals surface area contributed by atoms with Gasteiger partial charge in [0.05, 0.1) is 63.0 Å². The summed E-state index contributed by atoms with van der Waals surface area (Å²) in [5.41, 5.74) is -0.405. The van der Waals surface area contributed by atoms with Crippen molar-refractivity contribution in [2.75, 3.05) is 33.0 Å². The second-order valence-electron chi connectivity index (χ2n) is 25.9. The van der Waals surface area contributed by atoms with E-state index < -0.39 is 179 Å². The van der Waals surface area contributed by atoms with Crippen LogP contribution in [0, 0.1) is 52.3 Å². The van der Waals surface area contributed by atoms with Crippen molar-refractivity contribution in [3.8, 4) is 0 Å². The van der Waals surface area contributed by atoms with E-state index in [1.165, 1.54) is 12.1 Å². The Hall–Kier alpha value is -2.23. The molecule has 10 fully saturated rings. The fourth-order valence-electron chi connectivity index (χ4n) is 16.9. The molecule has 10 aliphatic rings. The molecule has 82 heavy (non-hydrogen) atoms. The zero-order valence-electron chi connectivity index (χ0n) is 46.6. The van der Waals surface area contributed by atoms with Crippen LogP contribution in [0.15, 0.2) is 30.3 Å². The number of aliphatic hydroxyl groups excluding tert-OH is 13. The van der Waals surface area contributed by atoms with E-state index in [1.54, 1.807) is 18.2 Å². The van der Waals surface area contributed by atoms with E-state index in [4.69, 9.17) is 52.1 Å². The Morgan fingerprint density at radius 3 is 1.91 bits per heavy atom. The Morgan fingerprint density at radius 2 is 1.22 bits per heavy atom. The summed E-state index contributed by atoms with van der Waals surface area (Å²) >= 11 is 0. The quantitative estimate of drug-likeness (QED) is 0.0719. The summed E-state index contributed by atoms with van der Waals surface area (Å²) in [5, 5.41) is 146. The summed E-state index contributed by atoms with van der Waals surface area (Å²) in [6, 6.07) is 7.68. The minimum atomic E-state index is -2.07. The number of ether oxygens (including phenoxy) is 11. The molecule has 11 rings (SSSR count). The lowest BCUT2D eigenvalue weighted by molar-refractivity contribution is -0.404. The number of aliphatic hydroxyl groups is 13. The Kier molecular flexibility index (Phi) is 18.0. The Balaban J connectivity index is 0.790. The van der Waals surface area contributed by atoms with Gasteiger partial charge in [-0.1, -0.05) is 45.9 Å². The number of carbonyl (C=O) groups is 1. The van der Waals surface area contributed by atoms with Crippen molar-refractivity contribution in [3.63, 3.8) is 0 Å². The van der Waals surface area contributed by atoms with Gasteiger partial charge < -0.3 is 118 Å². The molecule has 25 heteroatoms. The highest BCUT2D eigenvalue weighted by molar-refractivity contribution is 5.89. The van der Waals surface area contributed by atoms with E-state index in [-0.39, 0.29) is 53.6 Å². The summed E-state index contributed by atoms with van der Waals surface area (Å²) in [5.74, 6) is -0.0239. The standard InChI is InChI=1S/C57H86O25/c1-23-10-13-57(73-21-23)24(2)38-34(82-57)15-28-26-14-30(61)29-16-33(31(62)17-56(29,4)27(26)11-12-55(28,38)3)74-52-44(69)42(67)47(37(20-60)77-52)79-54-49(81-53-43(68)41(66)39(64)35(18-58)75-53)48(40(65)36(19-59)76-54)80-51-45(70)46(32(63)22-72-51)78-50(71)25-8-6-5-7-9-25/h5-9,23-24,26-49,51-54,58-70H,10-22H2,1-4H3/t23-,24-,26+,27-,28-,29+,30+,31+,32+,33+,34-,35+,36+,37+,38-,39+,40+,41-,42+,43+,44+,45+,46-,47-,48-,49+,51-,52+,53-,54-,55-,56+,57+/m0/s1. The van der Waals surface area contributed by atoms with Gasteiger partial charge in [-0.25, -0.2) is 4.79 Å². The lowest BCUT2D eigenvalue weighted by atomic mass is 9.43. The van der Waals surface area contributed by atoms with E-state index in [9.17, 15) is 71.2 Å². The topological polar surface area (TPSA) is 382 Å². The molecule has 6 saturated heterocycles. The highest BCUT2D eigenvalue weighted by Crippen LogP contribution is 2.71. The number of rotatable bonds is 13. The lowest BCUT2D eigenvalue weighted by Gasteiger charge is -2.63. The van der Waals surface area contributed by atoms with Crippen molar-refractivity contribution in [2.24, 2.45) is 52.3 Å². The van der Waals surface area contributed by atoms with Crippen LogP contribution < -0.4 is 0 Å². The normalized spacial score (nSPS) is 53.9. The van der Waals surface area contributed by atoms with Gasteiger partial charge >= 0.3 is 5.97 Å². The Bertz CT molecular complexity index is 2310. The highest BCUT2D eigenvalue weighted by atomic mass is 16.8. The third-order valence-corrected chi connectivity index (χ3v) is 21.3. The Labute approximate surface area is 475 Å². The molecule has 464 valence electrons. The van der Waals surface area contributed by atoms with Crippen LogP contribution in [0.4, 0.5) is 0 Å². The molecule has 1 aromatic rings. The molecule has 13 N–H and O–H groups in total. The van der Waals surface area contributed by atoms with Gasteiger partial charge in [0.2, 0.25) is 0 Å². The minimum Gasteiger partial charge on any atom is -0.453 e. The van der Waals surface area contributed by atoms with E-state index in [0.717, 1.165) is 32.1 Å². The van der Waals surface area contributed by atoms with Crippen LogP contribution >= 0.6 is 0 Å². The largest absolute Gasteiger partial charge is 0.453 e. The number of esters is 1. The van der Waals surface area contributed by atoms with Gasteiger partial charge in [-0.05, 0) is 103 Å². The van der Waals surface area contributed by atoms with Crippen LogP contribution in [-0.2, 0) is 52.1 Å². The first-order valence-electron chi connectivity index (χ1n) is 29.5. The van der Waals surface area contributed by atoms with Crippen molar-refractivity contribution < 1.29 is 123 Å². The maximum atomic E-state index is 13.1. The molecular weight excluding hydrogens is 1080 g/mol. The molecule has 1 spiro atoms. The Morgan fingerprint density at radius 1 is 0.573 bits per heavy atom. The second kappa shape index (κ2) is 24.0. The summed E-state index contributed by atoms with van der Waals surface area (Å²) in [6.45, 7) is 6.46. The van der Waals surface area contributed by atoms with Gasteiger partial charge in [0.15, 0.2) is 37.1 Å². The van der Waals surface area contributed by atoms with Gasteiger partial charge in [0.1, 0.15) is 85.5 Å². The van der Waals surface area contributed by atoms with Crippen LogP contribution in [-0.4, -0.2) is 252 Å². The zero-order valence-corrected chi connectivity index (χ0v) is 46.6. The molecule has 6 aliphatic heterocycles. The second-order valence-corrected chi connectivity index (χ2v) is 25.9. The fourth-order valence-corrected chi connectivity index (χ4v) is 16.9. The summed E-state index contributed by atoms with van der Waals surface area (Å²) in [4.78, 5) is 13.1. The maximum absolute atomic E-state index is 13.1. The molecule has 6 heterocycles. The smallest absolute Gasteiger partial charge is 0.338 e. The van der Waals surface area contributed by atoms with Crippen LogP contribution in [0.5, 0.6) is 0 Å². The SMILES string of the molecule is C[C@H]1CC[C@@]2(OC1)O[C@H]1C[C@H]3[C@@H]4C[C@@H](O)[C@H]5C[C@@H](O[C@@H]6O[C@H](CO)[C@H](O[C@@H]7O[C@H](CO)[C@@H](O)[C@H](O[C@@H]8OC[C@@H](O)[C@H](OC(=O)c9ccccc9)[C@H]8O)[C@H]7O[C@@H]7O[C@H](CO)[C@@H](O)[C@H](O)[C@H]7O)[C@H](O)[C@H]6O)[C@H](O)C[C@]5(C)[C@H]4CC[C@]3(C)[C@H]1[C@@H]2C. The molecule has 0 radical (unpaired) electrons. The van der Waals surface area contributed by atoms with Gasteiger partial charge in [0.25, 0.3) is 0 Å². The summed E-state index contributed by atoms with van der Waals surface area (Å²) in [7, 11) is 0. The van der Waals surface area contributed by atoms with Gasteiger partial charge in [-0.3, -0.25) is 0 Å². The molecule has 0 bridgehead atoms. The number of carbonyl (C=O) groups excluding carboxylic acids is 1. The number of fused-ring (bicyclic) bond motifs is 7. The van der Waals surface area contributed by atoms with E-state index >= 15 is 0 Å². The molecule has 1 aromatic carbocycles. The summed E-state index contributed by atoms with van der Waals surface area (Å²) < 4.78 is 67.2. The van der Waals surface area contributed by atoms with Crippen molar-refractivity contribution in [3.05, 3.63) is 35.9 Å². The average Bonchev–Trinajstić information content (AvgIpc) is 1.53. The third kappa shape index (κ3) is 10.7. The zero-order chi connectivity index (χ0) is 58.5. The predicted molar refractivity (Wildman–Crippen MR) is 275 cm³/mol. The number of hydrogen-bond acceptors (Lipinski definition) is 25. The molecule has 0 amide bonds. The molecule has 4 aliphatic carbocycles. The lowest BCUT2D eigenvalue weighted by Crippen LogP contribution is -2.68. The van der Waals surface area contributed by atoms with Gasteiger partial charge in [-0.15, -0.1) is 0 Å². The maximum Gasteiger partial charge on any atom is 0.338 e. The minimum absolute atomic E-state index is 0.00700. The molecule has 4 saturated carbocycles. The van der Waals surface area contributed by atoms with Crippen LogP contribution in [0.3, 0.4) is 0 Å². The third-order valence-electron chi connectivity index (χ3n) is 21.3. The number of benzene rings is 1. The average molecular weight is 1170 g/mol. The first kappa shape index (κ1) is 61.4. The van der Waals surface area contributed by atoms with Crippen molar-refractivity contribution in [1.82, 2.24) is 0 Å². The predicted octanol–water partition coefficient (Wildman–Crippen LogP) is -2.46. The molecular formula is C57H86O25. The van der Waals surface area contributed by atoms with Crippen molar-refractivity contribution >= 4 is 5.97 Å². The van der Waals surface area contributed by atoms with Crippen LogP contribution in [0.2, 0.25) is 0 Å². The van der Waals surface area contributed by atoms with Gasteiger partial charge in [0, 0.05) is 12.3 Å². The fraction of sp³-hybridized carbons (Fsp3) is 0.877.